The van der Waals surface area contributed by atoms with Crippen molar-refractivity contribution >= 4 is 5.91 Å². The van der Waals surface area contributed by atoms with E-state index in [2.05, 4.69) is 4.90 Å². The van der Waals surface area contributed by atoms with Gasteiger partial charge in [0.05, 0.1) is 0 Å². The summed E-state index contributed by atoms with van der Waals surface area (Å²) in [6.07, 6.45) is 0. The number of benzene rings is 1. The van der Waals surface area contributed by atoms with Crippen molar-refractivity contribution in [2.75, 3.05) is 26.2 Å². The molecule has 98 valence electrons. The van der Waals surface area contributed by atoms with E-state index in [1.165, 1.54) is 12.1 Å². The maximum Gasteiger partial charge on any atom is 0.219 e. The molecule has 1 aliphatic heterocycles. The molecule has 1 amide bonds. The van der Waals surface area contributed by atoms with E-state index in [1.807, 2.05) is 0 Å². The molecule has 1 aromatic carbocycles. The molecule has 0 N–H and O–H groups in total. The van der Waals surface area contributed by atoms with E-state index >= 15 is 0 Å². The predicted octanol–water partition coefficient (Wildman–Crippen LogP) is 1.63. The maximum atomic E-state index is 13.5. The van der Waals surface area contributed by atoms with Crippen molar-refractivity contribution in [2.24, 2.45) is 0 Å². The van der Waals surface area contributed by atoms with Crippen LogP contribution in [0.1, 0.15) is 12.5 Å². The summed E-state index contributed by atoms with van der Waals surface area (Å²) in [6, 6.07) is 3.65. The average Bonchev–Trinajstić information content (AvgIpc) is 2.33. The monoisotopic (exact) mass is 254 g/mol. The van der Waals surface area contributed by atoms with Crippen molar-refractivity contribution in [1.82, 2.24) is 9.80 Å². The molecule has 0 saturated carbocycles. The second-order valence-corrected chi connectivity index (χ2v) is 4.52. The molecule has 0 aliphatic carbocycles. The highest BCUT2D eigenvalue weighted by Gasteiger charge is 2.19. The van der Waals surface area contributed by atoms with Crippen LogP contribution < -0.4 is 0 Å². The minimum Gasteiger partial charge on any atom is -0.340 e. The molecule has 3 nitrogen and oxygen atoms in total. The van der Waals surface area contributed by atoms with Gasteiger partial charge in [-0.15, -0.1) is 0 Å². The first kappa shape index (κ1) is 13.0. The van der Waals surface area contributed by atoms with E-state index in [1.54, 1.807) is 11.8 Å². The fourth-order valence-electron chi connectivity index (χ4n) is 2.11. The highest BCUT2D eigenvalue weighted by Crippen LogP contribution is 2.13. The Balaban J connectivity index is 1.93. The molecule has 0 unspecified atom stereocenters. The summed E-state index contributed by atoms with van der Waals surface area (Å²) >= 11 is 0. The molecule has 1 fully saturated rings. The van der Waals surface area contributed by atoms with Crippen molar-refractivity contribution in [2.45, 2.75) is 13.5 Å². The van der Waals surface area contributed by atoms with Gasteiger partial charge in [0.1, 0.15) is 11.6 Å². The third kappa shape index (κ3) is 3.04. The van der Waals surface area contributed by atoms with Gasteiger partial charge in [0.2, 0.25) is 5.91 Å². The molecule has 5 heteroatoms. The lowest BCUT2D eigenvalue weighted by atomic mass is 10.2. The lowest BCUT2D eigenvalue weighted by Crippen LogP contribution is -2.47. The highest BCUT2D eigenvalue weighted by molar-refractivity contribution is 5.73. The molecule has 0 radical (unpaired) electrons. The van der Waals surface area contributed by atoms with Gasteiger partial charge in [0.15, 0.2) is 0 Å². The number of carbonyl (C=O) groups excluding carboxylic acids is 1. The van der Waals surface area contributed by atoms with Gasteiger partial charge in [0, 0.05) is 51.3 Å². The number of hydrogen-bond acceptors (Lipinski definition) is 2. The van der Waals surface area contributed by atoms with E-state index < -0.39 is 11.6 Å². The summed E-state index contributed by atoms with van der Waals surface area (Å²) in [5.74, 6) is -0.996. The molecule has 1 heterocycles. The zero-order valence-corrected chi connectivity index (χ0v) is 10.3. The Kier molecular flexibility index (Phi) is 3.91. The van der Waals surface area contributed by atoms with Gasteiger partial charge in [-0.2, -0.15) is 0 Å². The first-order valence-corrected chi connectivity index (χ1v) is 5.98. The quantitative estimate of drug-likeness (QED) is 0.801. The molecule has 1 aliphatic rings. The Labute approximate surface area is 105 Å². The summed E-state index contributed by atoms with van der Waals surface area (Å²) in [6.45, 7) is 4.77. The third-order valence-electron chi connectivity index (χ3n) is 3.23. The van der Waals surface area contributed by atoms with Crippen LogP contribution in [0.4, 0.5) is 8.78 Å². The summed E-state index contributed by atoms with van der Waals surface area (Å²) in [5.41, 5.74) is 0.493. The normalized spacial score (nSPS) is 16.9. The molecule has 2 rings (SSSR count). The topological polar surface area (TPSA) is 23.6 Å². The van der Waals surface area contributed by atoms with Gasteiger partial charge in [-0.05, 0) is 6.07 Å². The Hall–Kier alpha value is -1.49. The molecule has 0 atom stereocenters. The van der Waals surface area contributed by atoms with Gasteiger partial charge in [-0.25, -0.2) is 8.78 Å². The van der Waals surface area contributed by atoms with Gasteiger partial charge < -0.3 is 4.90 Å². The minimum atomic E-state index is -0.558. The summed E-state index contributed by atoms with van der Waals surface area (Å²) in [7, 11) is 0. The molecule has 18 heavy (non-hydrogen) atoms. The molecular weight excluding hydrogens is 238 g/mol. The fourth-order valence-corrected chi connectivity index (χ4v) is 2.11. The SMILES string of the molecule is CC(=O)N1CCN(Cc2ccc(F)cc2F)CC1. The minimum absolute atomic E-state index is 0.0719. The molecule has 0 bridgehead atoms. The Bertz CT molecular complexity index is 443. The van der Waals surface area contributed by atoms with E-state index in [0.717, 1.165) is 19.2 Å². The maximum absolute atomic E-state index is 13.5. The molecule has 0 spiro atoms. The standard InChI is InChI=1S/C13H16F2N2O/c1-10(18)17-6-4-16(5-7-17)9-11-2-3-12(14)8-13(11)15/h2-3,8H,4-7,9H2,1H3. The molecule has 0 aromatic heterocycles. The van der Waals surface area contributed by atoms with Crippen molar-refractivity contribution in [3.8, 4) is 0 Å². The Morgan fingerprint density at radius 1 is 1.22 bits per heavy atom. The smallest absolute Gasteiger partial charge is 0.219 e. The van der Waals surface area contributed by atoms with Crippen molar-refractivity contribution in [1.29, 1.82) is 0 Å². The Morgan fingerprint density at radius 3 is 2.44 bits per heavy atom. The number of piperazine rings is 1. The first-order chi connectivity index (χ1) is 8.56. The highest BCUT2D eigenvalue weighted by atomic mass is 19.1. The number of hydrogen-bond donors (Lipinski definition) is 0. The van der Waals surface area contributed by atoms with Crippen LogP contribution in [0.5, 0.6) is 0 Å². The summed E-state index contributed by atoms with van der Waals surface area (Å²) < 4.78 is 26.2. The lowest BCUT2D eigenvalue weighted by Gasteiger charge is -2.34. The van der Waals surface area contributed by atoms with Crippen molar-refractivity contribution in [3.63, 3.8) is 0 Å². The first-order valence-electron chi connectivity index (χ1n) is 5.98. The van der Waals surface area contributed by atoms with E-state index in [0.29, 0.717) is 25.2 Å². The van der Waals surface area contributed by atoms with Crippen LogP contribution in [0.25, 0.3) is 0 Å². The lowest BCUT2D eigenvalue weighted by molar-refractivity contribution is -0.130. The summed E-state index contributed by atoms with van der Waals surface area (Å²) in [5, 5.41) is 0. The van der Waals surface area contributed by atoms with Crippen LogP contribution in [-0.4, -0.2) is 41.9 Å². The Morgan fingerprint density at radius 2 is 1.89 bits per heavy atom. The van der Waals surface area contributed by atoms with Gasteiger partial charge in [0.25, 0.3) is 0 Å². The van der Waals surface area contributed by atoms with Crippen molar-refractivity contribution in [3.05, 3.63) is 35.4 Å². The van der Waals surface area contributed by atoms with Crippen LogP contribution in [0.2, 0.25) is 0 Å². The number of amides is 1. The van der Waals surface area contributed by atoms with Gasteiger partial charge in [-0.1, -0.05) is 6.07 Å². The van der Waals surface area contributed by atoms with Crippen LogP contribution in [-0.2, 0) is 11.3 Å². The van der Waals surface area contributed by atoms with E-state index in [-0.39, 0.29) is 5.91 Å². The van der Waals surface area contributed by atoms with Crippen LogP contribution in [0.15, 0.2) is 18.2 Å². The van der Waals surface area contributed by atoms with Crippen LogP contribution >= 0.6 is 0 Å². The molecule has 1 saturated heterocycles. The van der Waals surface area contributed by atoms with Crippen LogP contribution in [0, 0.1) is 11.6 Å². The fraction of sp³-hybridized carbons (Fsp3) is 0.462. The number of halogens is 2. The van der Waals surface area contributed by atoms with E-state index in [9.17, 15) is 13.6 Å². The molecule has 1 aromatic rings. The number of nitrogens with zero attached hydrogens (tertiary/aromatic N) is 2. The van der Waals surface area contributed by atoms with Crippen molar-refractivity contribution < 1.29 is 13.6 Å². The number of carbonyl (C=O) groups is 1. The zero-order chi connectivity index (χ0) is 13.1. The second-order valence-electron chi connectivity index (χ2n) is 4.52. The molecular formula is C13H16F2N2O. The summed E-state index contributed by atoms with van der Waals surface area (Å²) in [4.78, 5) is 15.0. The predicted molar refractivity (Wildman–Crippen MR) is 63.9 cm³/mol. The van der Waals surface area contributed by atoms with E-state index in [4.69, 9.17) is 0 Å². The third-order valence-corrected chi connectivity index (χ3v) is 3.23. The van der Waals surface area contributed by atoms with Crippen LogP contribution in [0.3, 0.4) is 0 Å². The zero-order valence-electron chi connectivity index (χ0n) is 10.3. The second kappa shape index (κ2) is 5.44. The largest absolute Gasteiger partial charge is 0.340 e. The van der Waals surface area contributed by atoms with Gasteiger partial charge in [-0.3, -0.25) is 9.69 Å². The van der Waals surface area contributed by atoms with Gasteiger partial charge >= 0.3 is 0 Å². The number of rotatable bonds is 2. The average molecular weight is 254 g/mol.